The smallest absolute Gasteiger partial charge is 0.379 e. The van der Waals surface area contributed by atoms with E-state index in [4.69, 9.17) is 4.74 Å². The molecule has 1 aliphatic rings. The first-order valence-corrected chi connectivity index (χ1v) is 6.72. The van der Waals surface area contributed by atoms with Crippen molar-refractivity contribution in [2.45, 2.75) is 32.7 Å². The molecule has 4 nitrogen and oxygen atoms in total. The van der Waals surface area contributed by atoms with Crippen molar-refractivity contribution in [1.82, 2.24) is 5.32 Å². The molecule has 1 aromatic carbocycles. The zero-order valence-corrected chi connectivity index (χ0v) is 12.0. The number of carbonyl (C=O) groups is 2. The van der Waals surface area contributed by atoms with Crippen LogP contribution in [0.4, 0.5) is 0 Å². The summed E-state index contributed by atoms with van der Waals surface area (Å²) in [5.74, 6) is -1.45. The van der Waals surface area contributed by atoms with Crippen LogP contribution in [0.3, 0.4) is 0 Å². The van der Waals surface area contributed by atoms with Crippen LogP contribution in [0.5, 0.6) is 0 Å². The number of hydrogen-bond donors (Lipinski definition) is 1. The van der Waals surface area contributed by atoms with Gasteiger partial charge in [-0.25, -0.2) is 4.79 Å². The minimum Gasteiger partial charge on any atom is -0.460 e. The summed E-state index contributed by atoms with van der Waals surface area (Å²) in [5, 5.41) is 3.31. The summed E-state index contributed by atoms with van der Waals surface area (Å²) in [4.78, 5) is 23.3. The summed E-state index contributed by atoms with van der Waals surface area (Å²) in [6.45, 7) is 6.00. The van der Waals surface area contributed by atoms with Crippen LogP contribution < -0.4 is 5.32 Å². The monoisotopic (exact) mass is 273 g/mol. The lowest BCUT2D eigenvalue weighted by Crippen LogP contribution is -2.44. The van der Waals surface area contributed by atoms with Crippen molar-refractivity contribution in [2.75, 3.05) is 6.61 Å². The zero-order valence-electron chi connectivity index (χ0n) is 12.0. The molecule has 106 valence electrons. The van der Waals surface area contributed by atoms with Crippen LogP contribution in [-0.4, -0.2) is 23.9 Å². The molecule has 0 spiro atoms. The molecular formula is C16H19NO3. The Hall–Kier alpha value is -2.10. The maximum Gasteiger partial charge on any atom is 0.379 e. The summed E-state index contributed by atoms with van der Waals surface area (Å²) in [6.07, 6.45) is 2.20. The van der Waals surface area contributed by atoms with Crippen LogP contribution in [0.2, 0.25) is 0 Å². The largest absolute Gasteiger partial charge is 0.460 e. The number of ether oxygens (including phenoxy) is 1. The van der Waals surface area contributed by atoms with Crippen molar-refractivity contribution in [3.63, 3.8) is 0 Å². The van der Waals surface area contributed by atoms with E-state index in [1.165, 1.54) is 11.6 Å². The molecular weight excluding hydrogens is 254 g/mol. The van der Waals surface area contributed by atoms with Crippen molar-refractivity contribution in [1.29, 1.82) is 0 Å². The van der Waals surface area contributed by atoms with Crippen LogP contribution in [-0.2, 0) is 20.7 Å². The highest BCUT2D eigenvalue weighted by molar-refractivity contribution is 6.39. The standard InChI is InChI=1S/C16H19NO3/c1-4-20-15(19)14(18)9-13-12-8-6-5-7-11(12)10-16(2,3)17-13/h5-9,17H,4,10H2,1-3H3/b13-9-. The van der Waals surface area contributed by atoms with Crippen LogP contribution in [0.1, 0.15) is 31.9 Å². The second-order valence-corrected chi connectivity index (χ2v) is 5.49. The first kappa shape index (κ1) is 14.3. The quantitative estimate of drug-likeness (QED) is 0.520. The highest BCUT2D eigenvalue weighted by atomic mass is 16.5. The molecule has 0 bridgehead atoms. The molecule has 0 saturated heterocycles. The van der Waals surface area contributed by atoms with Crippen molar-refractivity contribution in [3.05, 3.63) is 41.5 Å². The fraction of sp³-hybridized carbons (Fsp3) is 0.375. The predicted octanol–water partition coefficient (Wildman–Crippen LogP) is 2.08. The Morgan fingerprint density at radius 3 is 2.75 bits per heavy atom. The van der Waals surface area contributed by atoms with Gasteiger partial charge in [0.25, 0.3) is 5.78 Å². The fourth-order valence-electron chi connectivity index (χ4n) is 2.40. The Kier molecular flexibility index (Phi) is 3.93. The number of ketones is 1. The van der Waals surface area contributed by atoms with Gasteiger partial charge in [0.15, 0.2) is 0 Å². The molecule has 0 unspecified atom stereocenters. The molecule has 0 amide bonds. The van der Waals surface area contributed by atoms with E-state index in [2.05, 4.69) is 19.2 Å². The van der Waals surface area contributed by atoms with Crippen molar-refractivity contribution in [3.8, 4) is 0 Å². The number of hydrogen-bond acceptors (Lipinski definition) is 4. The van der Waals surface area contributed by atoms with Gasteiger partial charge in [-0.15, -0.1) is 0 Å². The SMILES string of the molecule is CCOC(=O)C(=O)/C=C1\NC(C)(C)Cc2ccccc21. The van der Waals surface area contributed by atoms with E-state index in [9.17, 15) is 9.59 Å². The van der Waals surface area contributed by atoms with E-state index in [-0.39, 0.29) is 12.1 Å². The van der Waals surface area contributed by atoms with Gasteiger partial charge < -0.3 is 10.1 Å². The Labute approximate surface area is 118 Å². The fourth-order valence-corrected chi connectivity index (χ4v) is 2.40. The molecule has 1 aliphatic heterocycles. The molecule has 0 aliphatic carbocycles. The third-order valence-corrected chi connectivity index (χ3v) is 3.17. The minimum absolute atomic E-state index is 0.158. The lowest BCUT2D eigenvalue weighted by atomic mass is 9.85. The van der Waals surface area contributed by atoms with Gasteiger partial charge in [0.1, 0.15) is 0 Å². The zero-order chi connectivity index (χ0) is 14.8. The molecule has 1 aromatic rings. The number of benzene rings is 1. The summed E-state index contributed by atoms with van der Waals surface area (Å²) >= 11 is 0. The molecule has 0 atom stereocenters. The van der Waals surface area contributed by atoms with Crippen LogP contribution in [0.15, 0.2) is 30.3 Å². The van der Waals surface area contributed by atoms with Crippen molar-refractivity contribution < 1.29 is 14.3 Å². The number of nitrogens with one attached hydrogen (secondary N) is 1. The molecule has 0 radical (unpaired) electrons. The van der Waals surface area contributed by atoms with Crippen LogP contribution >= 0.6 is 0 Å². The number of carbonyl (C=O) groups excluding carboxylic acids is 2. The third kappa shape index (κ3) is 3.07. The van der Waals surface area contributed by atoms with E-state index in [0.29, 0.717) is 5.70 Å². The molecule has 4 heteroatoms. The first-order valence-electron chi connectivity index (χ1n) is 6.72. The lowest BCUT2D eigenvalue weighted by Gasteiger charge is -2.35. The van der Waals surface area contributed by atoms with E-state index >= 15 is 0 Å². The Morgan fingerprint density at radius 2 is 2.05 bits per heavy atom. The van der Waals surface area contributed by atoms with Gasteiger partial charge in [-0.05, 0) is 32.8 Å². The van der Waals surface area contributed by atoms with E-state index in [1.807, 2.05) is 24.3 Å². The van der Waals surface area contributed by atoms with Gasteiger partial charge in [0, 0.05) is 22.9 Å². The van der Waals surface area contributed by atoms with Crippen LogP contribution in [0.25, 0.3) is 5.70 Å². The summed E-state index contributed by atoms with van der Waals surface area (Å²) in [7, 11) is 0. The van der Waals surface area contributed by atoms with E-state index in [1.54, 1.807) is 6.92 Å². The topological polar surface area (TPSA) is 55.4 Å². The molecule has 1 N–H and O–H groups in total. The van der Waals surface area contributed by atoms with Gasteiger partial charge in [-0.1, -0.05) is 24.3 Å². The number of fused-ring (bicyclic) bond motifs is 1. The summed E-state index contributed by atoms with van der Waals surface area (Å²) in [6, 6.07) is 7.88. The normalized spacial score (nSPS) is 18.1. The highest BCUT2D eigenvalue weighted by Crippen LogP contribution is 2.29. The minimum atomic E-state index is -0.817. The summed E-state index contributed by atoms with van der Waals surface area (Å²) in [5.41, 5.74) is 2.65. The molecule has 20 heavy (non-hydrogen) atoms. The molecule has 2 rings (SSSR count). The maximum absolute atomic E-state index is 11.8. The average Bonchev–Trinajstić information content (AvgIpc) is 2.37. The van der Waals surface area contributed by atoms with Gasteiger partial charge in [-0.2, -0.15) is 0 Å². The second kappa shape index (κ2) is 5.49. The molecule has 0 aromatic heterocycles. The molecule has 1 heterocycles. The van der Waals surface area contributed by atoms with Crippen molar-refractivity contribution >= 4 is 17.4 Å². The highest BCUT2D eigenvalue weighted by Gasteiger charge is 2.28. The Bertz CT molecular complexity index is 573. The Morgan fingerprint density at radius 1 is 1.35 bits per heavy atom. The van der Waals surface area contributed by atoms with Gasteiger partial charge in [0.2, 0.25) is 0 Å². The number of rotatable bonds is 3. The first-order chi connectivity index (χ1) is 9.43. The van der Waals surface area contributed by atoms with Gasteiger partial charge >= 0.3 is 5.97 Å². The second-order valence-electron chi connectivity index (χ2n) is 5.49. The molecule has 0 fully saturated rings. The number of esters is 1. The van der Waals surface area contributed by atoms with Gasteiger partial charge in [-0.3, -0.25) is 4.79 Å². The predicted molar refractivity (Wildman–Crippen MR) is 77.0 cm³/mol. The third-order valence-electron chi connectivity index (χ3n) is 3.17. The molecule has 0 saturated carbocycles. The maximum atomic E-state index is 11.8. The van der Waals surface area contributed by atoms with Crippen LogP contribution in [0, 0.1) is 0 Å². The Balaban J connectivity index is 2.36. The lowest BCUT2D eigenvalue weighted by molar-refractivity contribution is -0.151. The van der Waals surface area contributed by atoms with E-state index in [0.717, 1.165) is 12.0 Å². The average molecular weight is 273 g/mol. The van der Waals surface area contributed by atoms with Crippen molar-refractivity contribution in [2.24, 2.45) is 0 Å². The summed E-state index contributed by atoms with van der Waals surface area (Å²) < 4.78 is 4.72. The van der Waals surface area contributed by atoms with Gasteiger partial charge in [0.05, 0.1) is 6.61 Å². The van der Waals surface area contributed by atoms with E-state index < -0.39 is 11.8 Å².